The summed E-state index contributed by atoms with van der Waals surface area (Å²) in [4.78, 5) is 0. The minimum atomic E-state index is 1.24. The molecule has 1 heteroatoms. The zero-order valence-corrected chi connectivity index (χ0v) is 47.1. The molecule has 0 heterocycles. The van der Waals surface area contributed by atoms with Crippen molar-refractivity contribution in [3.05, 3.63) is 72.4 Å². The third kappa shape index (κ3) is 46.8. The van der Waals surface area contributed by atoms with Gasteiger partial charge in [0.2, 0.25) is 0 Å². The van der Waals surface area contributed by atoms with Gasteiger partial charge in [-0.25, -0.2) is 0 Å². The molecule has 0 radical (unpaired) electrons. The van der Waals surface area contributed by atoms with Crippen LogP contribution in [0.3, 0.4) is 0 Å². The van der Waals surface area contributed by atoms with Crippen molar-refractivity contribution < 1.29 is 4.48 Å². The van der Waals surface area contributed by atoms with Gasteiger partial charge in [-0.2, -0.15) is 0 Å². The lowest BCUT2D eigenvalue weighted by Gasteiger charge is -2.39. The molecule has 0 fully saturated rings. The van der Waals surface area contributed by atoms with E-state index in [1.807, 2.05) is 0 Å². The first-order valence-electron chi connectivity index (χ1n) is 31.6. The zero-order valence-electron chi connectivity index (χ0n) is 47.1. The minimum Gasteiger partial charge on any atom is -0.320 e. The number of quaternary nitrogens is 1. The van der Waals surface area contributed by atoms with E-state index in [2.05, 4.69) is 87.6 Å². The second-order valence-corrected chi connectivity index (χ2v) is 22.1. The molecule has 0 aliphatic carbocycles. The third-order valence-corrected chi connectivity index (χ3v) is 15.3. The van der Waals surface area contributed by atoms with E-state index in [1.165, 1.54) is 339 Å². The molecular formula is C67H124N+. The number of benzene rings is 1. The first-order valence-corrected chi connectivity index (χ1v) is 31.6. The fourth-order valence-corrected chi connectivity index (χ4v) is 10.7. The molecule has 0 amide bonds. The summed E-state index contributed by atoms with van der Waals surface area (Å²) >= 11 is 0. The number of unbranched alkanes of at least 4 members (excludes halogenated alkanes) is 42. The lowest BCUT2D eigenvalue weighted by Crippen LogP contribution is -2.49. The Kier molecular flexibility index (Phi) is 51.8. The van der Waals surface area contributed by atoms with Gasteiger partial charge in [-0.1, -0.05) is 280 Å². The average molecular weight is 944 g/mol. The maximum Gasteiger partial charge on any atom is 0.104 e. The van der Waals surface area contributed by atoms with Crippen LogP contribution in [0.5, 0.6) is 0 Å². The summed E-state index contributed by atoms with van der Waals surface area (Å²) in [6, 6.07) is 11.6. The predicted octanol–water partition coefficient (Wildman–Crippen LogP) is 23.5. The monoisotopic (exact) mass is 943 g/mol. The van der Waals surface area contributed by atoms with Crippen LogP contribution in [-0.4, -0.2) is 24.1 Å². The Bertz CT molecular complexity index is 1050. The molecule has 0 saturated heterocycles. The molecule has 68 heavy (non-hydrogen) atoms. The lowest BCUT2D eigenvalue weighted by atomic mass is 10.0. The van der Waals surface area contributed by atoms with Crippen LogP contribution < -0.4 is 0 Å². The molecule has 1 aromatic carbocycles. The molecule has 1 rings (SSSR count). The molecule has 0 saturated carbocycles. The summed E-state index contributed by atoms with van der Waals surface area (Å²) in [6.45, 7) is 12.3. The number of hydrogen-bond acceptors (Lipinski definition) is 0. The first kappa shape index (κ1) is 64.4. The molecule has 0 N–H and O–H groups in total. The molecule has 0 bridgehead atoms. The van der Waals surface area contributed by atoms with Gasteiger partial charge in [0.05, 0.1) is 19.6 Å². The summed E-state index contributed by atoms with van der Waals surface area (Å²) in [5, 5.41) is 0. The van der Waals surface area contributed by atoms with E-state index in [-0.39, 0.29) is 0 Å². The Morgan fingerprint density at radius 2 is 0.456 bits per heavy atom. The molecule has 0 unspecified atom stereocenters. The van der Waals surface area contributed by atoms with Crippen LogP contribution in [0.25, 0.3) is 0 Å². The van der Waals surface area contributed by atoms with Gasteiger partial charge in [0.15, 0.2) is 0 Å². The first-order chi connectivity index (χ1) is 33.8. The maximum atomic E-state index is 2.49. The van der Waals surface area contributed by atoms with Crippen LogP contribution in [-0.2, 0) is 6.54 Å². The second-order valence-electron chi connectivity index (χ2n) is 22.1. The maximum absolute atomic E-state index is 2.49. The fraction of sp³-hybridized carbons (Fsp3) is 0.821. The van der Waals surface area contributed by atoms with Crippen molar-refractivity contribution in [1.82, 2.24) is 0 Å². The summed E-state index contributed by atoms with van der Waals surface area (Å²) in [5.41, 5.74) is 1.56. The standard InChI is InChI=1S/C67H124N/c1-4-7-10-13-16-19-22-25-28-31-34-37-40-43-46-49-52-58-63-68(66-67-61-56-55-57-62-67,64-59-53-50-47-44-41-38-35-32-29-26-23-20-17-14-11-8-5-2)65-60-54-51-48-45-42-39-36-33-30-27-24-21-18-15-12-9-6-3/h31-36,55-57,61-62H,4-30,37-54,58-60,63-66H2,1-3H3/q+1/b34-31+,35-32+,36-33+. The van der Waals surface area contributed by atoms with E-state index < -0.39 is 0 Å². The minimum absolute atomic E-state index is 1.24. The average Bonchev–Trinajstić information content (AvgIpc) is 3.35. The molecule has 1 aromatic rings. The van der Waals surface area contributed by atoms with Crippen LogP contribution in [0.15, 0.2) is 66.8 Å². The quantitative estimate of drug-likeness (QED) is 0.0347. The van der Waals surface area contributed by atoms with Gasteiger partial charge in [-0.15, -0.1) is 0 Å². The second kappa shape index (κ2) is 54.7. The van der Waals surface area contributed by atoms with E-state index in [0.717, 1.165) is 0 Å². The number of nitrogens with zero attached hydrogens (tertiary/aromatic N) is 1. The van der Waals surface area contributed by atoms with Crippen molar-refractivity contribution in [2.45, 2.75) is 336 Å². The molecule has 0 spiro atoms. The molecular weight excluding hydrogens is 819 g/mol. The van der Waals surface area contributed by atoms with Crippen LogP contribution >= 0.6 is 0 Å². The van der Waals surface area contributed by atoms with Crippen molar-refractivity contribution >= 4 is 0 Å². The highest BCUT2D eigenvalue weighted by Crippen LogP contribution is 2.23. The Hall–Kier alpha value is -1.60. The van der Waals surface area contributed by atoms with Crippen LogP contribution in [0, 0.1) is 0 Å². The van der Waals surface area contributed by atoms with E-state index in [9.17, 15) is 0 Å². The highest BCUT2D eigenvalue weighted by molar-refractivity contribution is 5.13. The molecule has 0 aliphatic heterocycles. The number of hydrogen-bond donors (Lipinski definition) is 0. The Labute approximate surface area is 430 Å². The molecule has 0 aromatic heterocycles. The van der Waals surface area contributed by atoms with Gasteiger partial charge in [0, 0.05) is 5.56 Å². The number of allylic oxidation sites excluding steroid dienone is 6. The number of rotatable bonds is 56. The van der Waals surface area contributed by atoms with Gasteiger partial charge in [0.25, 0.3) is 0 Å². The zero-order chi connectivity index (χ0) is 48.6. The summed E-state index contributed by atoms with van der Waals surface area (Å²) in [6.07, 6.45) is 82.3. The largest absolute Gasteiger partial charge is 0.320 e. The molecule has 396 valence electrons. The Balaban J connectivity index is 2.48. The third-order valence-electron chi connectivity index (χ3n) is 15.3. The molecule has 0 aliphatic rings. The van der Waals surface area contributed by atoms with Crippen molar-refractivity contribution in [3.63, 3.8) is 0 Å². The van der Waals surface area contributed by atoms with E-state index in [4.69, 9.17) is 0 Å². The van der Waals surface area contributed by atoms with Gasteiger partial charge >= 0.3 is 0 Å². The van der Waals surface area contributed by atoms with Crippen molar-refractivity contribution in [2.75, 3.05) is 19.6 Å². The van der Waals surface area contributed by atoms with E-state index in [1.54, 1.807) is 5.56 Å². The molecule has 0 atom stereocenters. The lowest BCUT2D eigenvalue weighted by molar-refractivity contribution is -0.941. The van der Waals surface area contributed by atoms with E-state index >= 15 is 0 Å². The fourth-order valence-electron chi connectivity index (χ4n) is 10.7. The van der Waals surface area contributed by atoms with Crippen LogP contribution in [0.1, 0.15) is 335 Å². The summed E-state index contributed by atoms with van der Waals surface area (Å²) < 4.78 is 1.33. The van der Waals surface area contributed by atoms with E-state index in [0.29, 0.717) is 0 Å². The smallest absolute Gasteiger partial charge is 0.104 e. The topological polar surface area (TPSA) is 0 Å². The van der Waals surface area contributed by atoms with Crippen LogP contribution in [0.4, 0.5) is 0 Å². The Morgan fingerprint density at radius 1 is 0.250 bits per heavy atom. The van der Waals surface area contributed by atoms with Gasteiger partial charge in [-0.05, 0) is 116 Å². The summed E-state index contributed by atoms with van der Waals surface area (Å²) in [5.74, 6) is 0. The van der Waals surface area contributed by atoms with Gasteiger partial charge < -0.3 is 4.48 Å². The molecule has 1 nitrogen and oxygen atoms in total. The highest BCUT2D eigenvalue weighted by Gasteiger charge is 2.26. The van der Waals surface area contributed by atoms with Gasteiger partial charge in [0.1, 0.15) is 6.54 Å². The van der Waals surface area contributed by atoms with Crippen molar-refractivity contribution in [2.24, 2.45) is 0 Å². The normalized spacial score (nSPS) is 12.3. The summed E-state index contributed by atoms with van der Waals surface area (Å²) in [7, 11) is 0. The SMILES string of the molecule is CCCCCCCCCC/C=C/CCCCCCCC[N+](CCCCCCCC/C=C/CCCCCCCCCC)(CCCCCCCC/C=C/CCCCCCCCCC)Cc1ccccc1. The predicted molar refractivity (Wildman–Crippen MR) is 311 cm³/mol. The van der Waals surface area contributed by atoms with Crippen molar-refractivity contribution in [1.29, 1.82) is 0 Å². The van der Waals surface area contributed by atoms with Crippen LogP contribution in [0.2, 0.25) is 0 Å². The van der Waals surface area contributed by atoms with Gasteiger partial charge in [-0.3, -0.25) is 0 Å². The Morgan fingerprint density at radius 3 is 0.691 bits per heavy atom. The van der Waals surface area contributed by atoms with Crippen molar-refractivity contribution in [3.8, 4) is 0 Å². The highest BCUT2D eigenvalue weighted by atomic mass is 15.3.